The second kappa shape index (κ2) is 4.96. The summed E-state index contributed by atoms with van der Waals surface area (Å²) in [4.78, 5) is 34.7. The van der Waals surface area contributed by atoms with Crippen LogP contribution in [0.4, 0.5) is 0 Å². The highest BCUT2D eigenvalue weighted by Gasteiger charge is 2.28. The molecule has 0 aliphatic carbocycles. The fourth-order valence-electron chi connectivity index (χ4n) is 2.36. The van der Waals surface area contributed by atoms with Gasteiger partial charge in [-0.1, -0.05) is 6.07 Å². The maximum Gasteiger partial charge on any atom is 0.203 e. The van der Waals surface area contributed by atoms with E-state index in [2.05, 4.69) is 0 Å². The lowest BCUT2D eigenvalue weighted by Crippen LogP contribution is -2.22. The molecule has 0 unspecified atom stereocenters. The minimum atomic E-state index is -0.662. The lowest BCUT2D eigenvalue weighted by Gasteiger charge is -2.15. The molecule has 2 rings (SSSR count). The van der Waals surface area contributed by atoms with Crippen LogP contribution in [0.5, 0.6) is 5.75 Å². The third kappa shape index (κ3) is 2.43. The molecular formula is C15H16O4. The number of rotatable bonds is 4. The topological polar surface area (TPSA) is 60.4 Å². The van der Waals surface area contributed by atoms with E-state index in [4.69, 9.17) is 4.74 Å². The molecule has 0 atom stereocenters. The van der Waals surface area contributed by atoms with Crippen molar-refractivity contribution < 1.29 is 19.1 Å². The second-order valence-corrected chi connectivity index (χ2v) is 4.93. The molecule has 1 aromatic carbocycles. The number of ketones is 3. The van der Waals surface area contributed by atoms with Crippen LogP contribution in [0.25, 0.3) is 0 Å². The number of carbonyl (C=O) groups is 3. The first-order valence-corrected chi connectivity index (χ1v) is 6.21. The summed E-state index contributed by atoms with van der Waals surface area (Å²) in [5.41, 5.74) is 2.27. The third-order valence-electron chi connectivity index (χ3n) is 3.53. The minimum absolute atomic E-state index is 0.0383. The Bertz CT molecular complexity index is 558. The van der Waals surface area contributed by atoms with Crippen molar-refractivity contribution >= 4 is 17.3 Å². The van der Waals surface area contributed by atoms with Crippen LogP contribution in [0.1, 0.15) is 35.3 Å². The van der Waals surface area contributed by atoms with E-state index in [0.29, 0.717) is 17.7 Å². The van der Waals surface area contributed by atoms with Gasteiger partial charge in [0.2, 0.25) is 5.78 Å². The summed E-state index contributed by atoms with van der Waals surface area (Å²) in [5, 5.41) is 0. The molecule has 0 spiro atoms. The zero-order valence-electron chi connectivity index (χ0n) is 11.3. The predicted octanol–water partition coefficient (Wildman–Crippen LogP) is 1.91. The predicted molar refractivity (Wildman–Crippen MR) is 69.6 cm³/mol. The van der Waals surface area contributed by atoms with Crippen LogP contribution in [0.2, 0.25) is 0 Å². The molecule has 19 heavy (non-hydrogen) atoms. The van der Waals surface area contributed by atoms with Crippen molar-refractivity contribution in [2.45, 2.75) is 27.2 Å². The second-order valence-electron chi connectivity index (χ2n) is 4.93. The van der Waals surface area contributed by atoms with Gasteiger partial charge in [-0.2, -0.15) is 0 Å². The molecule has 0 N–H and O–H groups in total. The molecule has 1 aromatic rings. The van der Waals surface area contributed by atoms with E-state index in [1.807, 2.05) is 13.0 Å². The van der Waals surface area contributed by atoms with Gasteiger partial charge in [0.15, 0.2) is 6.61 Å². The van der Waals surface area contributed by atoms with Gasteiger partial charge in [0.25, 0.3) is 0 Å². The minimum Gasteiger partial charge on any atom is -0.484 e. The summed E-state index contributed by atoms with van der Waals surface area (Å²) in [6, 6.07) is 3.57. The molecule has 1 heterocycles. The van der Waals surface area contributed by atoms with E-state index in [1.54, 1.807) is 6.07 Å². The lowest BCUT2D eigenvalue weighted by atomic mass is 9.89. The van der Waals surface area contributed by atoms with Crippen molar-refractivity contribution in [3.8, 4) is 5.75 Å². The number of aryl methyl sites for hydroxylation is 1. The Kier molecular flexibility index (Phi) is 3.51. The zero-order chi connectivity index (χ0) is 14.2. The van der Waals surface area contributed by atoms with Crippen molar-refractivity contribution in [2.75, 3.05) is 6.61 Å². The van der Waals surface area contributed by atoms with Gasteiger partial charge in [-0.05, 0) is 44.4 Å². The van der Waals surface area contributed by atoms with E-state index in [0.717, 1.165) is 11.1 Å². The summed E-state index contributed by atoms with van der Waals surface area (Å²) in [7, 11) is 0. The van der Waals surface area contributed by atoms with E-state index < -0.39 is 5.92 Å². The van der Waals surface area contributed by atoms with Gasteiger partial charge in [-0.15, -0.1) is 0 Å². The Balaban J connectivity index is 2.43. The Morgan fingerprint density at radius 3 is 2.47 bits per heavy atom. The van der Waals surface area contributed by atoms with Crippen molar-refractivity contribution in [3.63, 3.8) is 0 Å². The van der Waals surface area contributed by atoms with Crippen LogP contribution in [0.3, 0.4) is 0 Å². The standard InChI is InChI=1S/C15H16O4/c1-8-4-5-11-14(18)7-19-15(11)12(8)6-13(9(2)16)10(3)17/h4-5,13H,6-7H2,1-3H3. The van der Waals surface area contributed by atoms with Crippen molar-refractivity contribution in [1.82, 2.24) is 0 Å². The maximum atomic E-state index is 11.6. The molecular weight excluding hydrogens is 244 g/mol. The van der Waals surface area contributed by atoms with Crippen molar-refractivity contribution in [3.05, 3.63) is 28.8 Å². The number of benzene rings is 1. The summed E-state index contributed by atoms with van der Waals surface area (Å²) >= 11 is 0. The van der Waals surface area contributed by atoms with Crippen molar-refractivity contribution in [1.29, 1.82) is 0 Å². The smallest absolute Gasteiger partial charge is 0.203 e. The van der Waals surface area contributed by atoms with Crippen LogP contribution in [0, 0.1) is 12.8 Å². The lowest BCUT2D eigenvalue weighted by molar-refractivity contribution is -0.130. The van der Waals surface area contributed by atoms with Gasteiger partial charge < -0.3 is 4.74 Å². The molecule has 0 aromatic heterocycles. The molecule has 0 saturated carbocycles. The van der Waals surface area contributed by atoms with E-state index >= 15 is 0 Å². The number of ether oxygens (including phenoxy) is 1. The highest BCUT2D eigenvalue weighted by molar-refractivity contribution is 6.03. The molecule has 0 amide bonds. The van der Waals surface area contributed by atoms with Crippen LogP contribution in [0.15, 0.2) is 12.1 Å². The van der Waals surface area contributed by atoms with Gasteiger partial charge in [0.05, 0.1) is 11.5 Å². The van der Waals surface area contributed by atoms with Gasteiger partial charge in [0, 0.05) is 0 Å². The number of hydrogen-bond acceptors (Lipinski definition) is 4. The first-order chi connectivity index (χ1) is 8.91. The largest absolute Gasteiger partial charge is 0.484 e. The highest BCUT2D eigenvalue weighted by atomic mass is 16.5. The van der Waals surface area contributed by atoms with Crippen LogP contribution in [-0.2, 0) is 16.0 Å². The Morgan fingerprint density at radius 2 is 1.89 bits per heavy atom. The first kappa shape index (κ1) is 13.5. The van der Waals surface area contributed by atoms with Gasteiger partial charge >= 0.3 is 0 Å². The number of carbonyl (C=O) groups excluding carboxylic acids is 3. The Hall–Kier alpha value is -1.97. The van der Waals surface area contributed by atoms with Gasteiger partial charge in [0.1, 0.15) is 17.3 Å². The summed E-state index contributed by atoms with van der Waals surface area (Å²) in [6.45, 7) is 4.75. The molecule has 0 fully saturated rings. The molecule has 100 valence electrons. The van der Waals surface area contributed by atoms with Gasteiger partial charge in [-0.25, -0.2) is 0 Å². The average molecular weight is 260 g/mol. The summed E-state index contributed by atoms with van der Waals surface area (Å²) < 4.78 is 5.41. The normalized spacial score (nSPS) is 13.4. The van der Waals surface area contributed by atoms with E-state index in [9.17, 15) is 14.4 Å². The number of hydrogen-bond donors (Lipinski definition) is 0. The monoisotopic (exact) mass is 260 g/mol. The molecule has 4 nitrogen and oxygen atoms in total. The van der Waals surface area contributed by atoms with E-state index in [-0.39, 0.29) is 24.0 Å². The molecule has 0 bridgehead atoms. The number of fused-ring (bicyclic) bond motifs is 1. The molecule has 1 aliphatic rings. The first-order valence-electron chi connectivity index (χ1n) is 6.21. The molecule has 0 radical (unpaired) electrons. The number of Topliss-reactive ketones (excluding diaryl/α,β-unsaturated/α-hetero) is 3. The van der Waals surface area contributed by atoms with Crippen LogP contribution in [-0.4, -0.2) is 24.0 Å². The zero-order valence-corrected chi connectivity index (χ0v) is 11.3. The SMILES string of the molecule is CC(=O)C(Cc1c(C)ccc2c1OCC2=O)C(C)=O. The average Bonchev–Trinajstić information content (AvgIpc) is 2.69. The van der Waals surface area contributed by atoms with Crippen LogP contribution >= 0.6 is 0 Å². The van der Waals surface area contributed by atoms with Crippen LogP contribution < -0.4 is 4.74 Å². The summed E-state index contributed by atoms with van der Waals surface area (Å²) in [5.74, 6) is -0.497. The Morgan fingerprint density at radius 1 is 1.26 bits per heavy atom. The molecule has 1 aliphatic heterocycles. The molecule has 0 saturated heterocycles. The highest BCUT2D eigenvalue weighted by Crippen LogP contribution is 2.33. The quantitative estimate of drug-likeness (QED) is 0.776. The van der Waals surface area contributed by atoms with Crippen molar-refractivity contribution in [2.24, 2.45) is 5.92 Å². The molecule has 4 heteroatoms. The third-order valence-corrected chi connectivity index (χ3v) is 3.53. The van der Waals surface area contributed by atoms with E-state index in [1.165, 1.54) is 13.8 Å². The van der Waals surface area contributed by atoms with Gasteiger partial charge in [-0.3, -0.25) is 14.4 Å². The fraction of sp³-hybridized carbons (Fsp3) is 0.400. The Labute approximate surface area is 111 Å². The summed E-state index contributed by atoms with van der Waals surface area (Å²) in [6.07, 6.45) is 0.299. The maximum absolute atomic E-state index is 11.6. The fourth-order valence-corrected chi connectivity index (χ4v) is 2.36.